The Morgan fingerprint density at radius 2 is 2.00 bits per heavy atom. The molecule has 0 bridgehead atoms. The Kier molecular flexibility index (Phi) is 10.3. The van der Waals surface area contributed by atoms with Gasteiger partial charge in [-0.15, -0.1) is 24.0 Å². The first-order chi connectivity index (χ1) is 12.5. The molecule has 9 heteroatoms. The van der Waals surface area contributed by atoms with Gasteiger partial charge in [0.1, 0.15) is 5.75 Å². The number of guanidine groups is 1. The van der Waals surface area contributed by atoms with E-state index in [4.69, 9.17) is 4.74 Å². The molecule has 0 aromatic heterocycles. The van der Waals surface area contributed by atoms with E-state index in [1.165, 1.54) is 13.2 Å². The fourth-order valence-corrected chi connectivity index (χ4v) is 2.92. The molecule has 0 radical (unpaired) electrons. The van der Waals surface area contributed by atoms with Crippen LogP contribution < -0.4 is 10.1 Å². The van der Waals surface area contributed by atoms with Crippen LogP contribution in [0.4, 0.5) is 8.78 Å². The lowest BCUT2D eigenvalue weighted by molar-refractivity contribution is -0.146. The summed E-state index contributed by atoms with van der Waals surface area (Å²) in [5.41, 5.74) is 0.590. The number of hydrogen-bond acceptors (Lipinski definition) is 4. The number of ether oxygens (including phenoxy) is 2. The van der Waals surface area contributed by atoms with Gasteiger partial charge in [0.2, 0.25) is 0 Å². The SMILES string of the molecule is CCNC(=NCc1ccccc1OC(F)F)N1CCC(C(=O)OC)CC1.I. The average molecular weight is 497 g/mol. The van der Waals surface area contributed by atoms with Crippen molar-refractivity contribution >= 4 is 35.9 Å². The Hall–Kier alpha value is -1.65. The van der Waals surface area contributed by atoms with Crippen LogP contribution in [0, 0.1) is 5.92 Å². The van der Waals surface area contributed by atoms with E-state index in [1.54, 1.807) is 18.2 Å². The summed E-state index contributed by atoms with van der Waals surface area (Å²) >= 11 is 0. The van der Waals surface area contributed by atoms with Crippen molar-refractivity contribution in [1.29, 1.82) is 0 Å². The summed E-state index contributed by atoms with van der Waals surface area (Å²) in [6.45, 7) is 1.37. The molecule has 27 heavy (non-hydrogen) atoms. The summed E-state index contributed by atoms with van der Waals surface area (Å²) in [6, 6.07) is 6.63. The number of benzene rings is 1. The van der Waals surface area contributed by atoms with E-state index in [9.17, 15) is 13.6 Å². The van der Waals surface area contributed by atoms with E-state index in [1.807, 2.05) is 6.92 Å². The number of para-hydroxylation sites is 1. The third kappa shape index (κ3) is 7.11. The van der Waals surface area contributed by atoms with Gasteiger partial charge in [-0.1, -0.05) is 18.2 Å². The quantitative estimate of drug-likeness (QED) is 0.283. The fourth-order valence-electron chi connectivity index (χ4n) is 2.92. The van der Waals surface area contributed by atoms with Crippen molar-refractivity contribution in [2.45, 2.75) is 32.9 Å². The number of methoxy groups -OCH3 is 1. The Morgan fingerprint density at radius 1 is 1.33 bits per heavy atom. The van der Waals surface area contributed by atoms with E-state index < -0.39 is 6.61 Å². The molecule has 0 spiro atoms. The number of nitrogens with one attached hydrogen (secondary N) is 1. The Morgan fingerprint density at radius 3 is 2.59 bits per heavy atom. The molecule has 0 unspecified atom stereocenters. The van der Waals surface area contributed by atoms with Crippen LogP contribution >= 0.6 is 24.0 Å². The number of nitrogens with zero attached hydrogens (tertiary/aromatic N) is 2. The summed E-state index contributed by atoms with van der Waals surface area (Å²) in [4.78, 5) is 18.3. The van der Waals surface area contributed by atoms with E-state index in [0.717, 1.165) is 0 Å². The van der Waals surface area contributed by atoms with Crippen molar-refractivity contribution in [1.82, 2.24) is 10.2 Å². The number of esters is 1. The van der Waals surface area contributed by atoms with Gasteiger partial charge in [-0.05, 0) is 25.8 Å². The van der Waals surface area contributed by atoms with E-state index in [-0.39, 0.29) is 48.2 Å². The smallest absolute Gasteiger partial charge is 0.387 e. The van der Waals surface area contributed by atoms with Crippen molar-refractivity contribution in [2.75, 3.05) is 26.7 Å². The molecular formula is C18H26F2IN3O3. The van der Waals surface area contributed by atoms with Gasteiger partial charge < -0.3 is 19.7 Å². The Labute approximate surface area is 175 Å². The Bertz CT molecular complexity index is 624. The van der Waals surface area contributed by atoms with Gasteiger partial charge in [0, 0.05) is 25.2 Å². The van der Waals surface area contributed by atoms with Crippen molar-refractivity contribution in [2.24, 2.45) is 10.9 Å². The summed E-state index contributed by atoms with van der Waals surface area (Å²) in [7, 11) is 1.40. The van der Waals surface area contributed by atoms with Gasteiger partial charge in [0.15, 0.2) is 5.96 Å². The highest BCUT2D eigenvalue weighted by Crippen LogP contribution is 2.22. The van der Waals surface area contributed by atoms with E-state index >= 15 is 0 Å². The van der Waals surface area contributed by atoms with Gasteiger partial charge in [0.25, 0.3) is 0 Å². The molecule has 1 heterocycles. The number of rotatable bonds is 6. The maximum absolute atomic E-state index is 12.5. The largest absolute Gasteiger partial charge is 0.469 e. The zero-order chi connectivity index (χ0) is 18.9. The normalized spacial score (nSPS) is 15.3. The molecule has 0 atom stereocenters. The third-order valence-electron chi connectivity index (χ3n) is 4.25. The zero-order valence-corrected chi connectivity index (χ0v) is 17.8. The first-order valence-corrected chi connectivity index (χ1v) is 8.69. The number of hydrogen-bond donors (Lipinski definition) is 1. The minimum atomic E-state index is -2.87. The molecule has 1 fully saturated rings. The van der Waals surface area contributed by atoms with Gasteiger partial charge in [0.05, 0.1) is 19.6 Å². The molecular weight excluding hydrogens is 471 g/mol. The van der Waals surface area contributed by atoms with E-state index in [2.05, 4.69) is 19.9 Å². The molecule has 152 valence electrons. The summed E-state index contributed by atoms with van der Waals surface area (Å²) in [5.74, 6) is 0.568. The fraction of sp³-hybridized carbons (Fsp3) is 0.556. The first-order valence-electron chi connectivity index (χ1n) is 8.69. The number of likely N-dealkylation sites (tertiary alicyclic amines) is 1. The second-order valence-electron chi connectivity index (χ2n) is 5.94. The minimum Gasteiger partial charge on any atom is -0.469 e. The molecule has 0 saturated carbocycles. The van der Waals surface area contributed by atoms with Crippen LogP contribution in [0.2, 0.25) is 0 Å². The van der Waals surface area contributed by atoms with Crippen molar-refractivity contribution in [3.63, 3.8) is 0 Å². The monoisotopic (exact) mass is 497 g/mol. The summed E-state index contributed by atoms with van der Waals surface area (Å²) in [6.07, 6.45) is 1.39. The third-order valence-corrected chi connectivity index (χ3v) is 4.25. The van der Waals surface area contributed by atoms with Crippen LogP contribution in [0.1, 0.15) is 25.3 Å². The molecule has 1 saturated heterocycles. The molecule has 6 nitrogen and oxygen atoms in total. The zero-order valence-electron chi connectivity index (χ0n) is 15.5. The van der Waals surface area contributed by atoms with Gasteiger partial charge in [-0.25, -0.2) is 4.99 Å². The number of halogens is 3. The molecule has 1 aliphatic rings. The predicted molar refractivity (Wildman–Crippen MR) is 110 cm³/mol. The summed E-state index contributed by atoms with van der Waals surface area (Å²) in [5, 5.41) is 3.21. The second kappa shape index (κ2) is 11.9. The molecule has 2 rings (SSSR count). The number of carbonyl (C=O) groups is 1. The lowest BCUT2D eigenvalue weighted by Gasteiger charge is -2.33. The highest BCUT2D eigenvalue weighted by molar-refractivity contribution is 14.0. The lowest BCUT2D eigenvalue weighted by atomic mass is 9.97. The number of alkyl halides is 2. The van der Waals surface area contributed by atoms with Crippen LogP contribution in [-0.2, 0) is 16.1 Å². The van der Waals surface area contributed by atoms with Gasteiger partial charge >= 0.3 is 12.6 Å². The molecule has 1 aromatic rings. The van der Waals surface area contributed by atoms with E-state index in [0.29, 0.717) is 44.0 Å². The molecule has 1 N–H and O–H groups in total. The Balaban J connectivity index is 0.00000364. The highest BCUT2D eigenvalue weighted by atomic mass is 127. The van der Waals surface area contributed by atoms with Gasteiger partial charge in [-0.3, -0.25) is 4.79 Å². The highest BCUT2D eigenvalue weighted by Gasteiger charge is 2.27. The number of aliphatic imine (C=N–C) groups is 1. The van der Waals surface area contributed by atoms with Crippen molar-refractivity contribution in [3.05, 3.63) is 29.8 Å². The molecule has 0 aliphatic carbocycles. The van der Waals surface area contributed by atoms with Crippen molar-refractivity contribution < 1.29 is 23.0 Å². The standard InChI is InChI=1S/C18H25F2N3O3.HI/c1-3-21-18(23-10-8-13(9-11-23)16(24)25-2)22-12-14-6-4-5-7-15(14)26-17(19)20;/h4-7,13,17H,3,8-12H2,1-2H3,(H,21,22);1H. The topological polar surface area (TPSA) is 63.2 Å². The molecule has 0 amide bonds. The summed E-state index contributed by atoms with van der Waals surface area (Å²) < 4.78 is 34.4. The minimum absolute atomic E-state index is 0. The maximum atomic E-state index is 12.5. The molecule has 1 aliphatic heterocycles. The molecule has 1 aromatic carbocycles. The van der Waals surface area contributed by atoms with Crippen LogP contribution in [-0.4, -0.2) is 50.2 Å². The average Bonchev–Trinajstić information content (AvgIpc) is 2.65. The van der Waals surface area contributed by atoms with Crippen LogP contribution in [0.5, 0.6) is 5.75 Å². The van der Waals surface area contributed by atoms with Crippen molar-refractivity contribution in [3.8, 4) is 5.75 Å². The second-order valence-corrected chi connectivity index (χ2v) is 5.94. The number of piperidine rings is 1. The lowest BCUT2D eigenvalue weighted by Crippen LogP contribution is -2.46. The van der Waals surface area contributed by atoms with Gasteiger partial charge in [-0.2, -0.15) is 8.78 Å². The van der Waals surface area contributed by atoms with Crippen LogP contribution in [0.3, 0.4) is 0 Å². The number of carbonyl (C=O) groups excluding carboxylic acids is 1. The van der Waals surface area contributed by atoms with Crippen LogP contribution in [0.25, 0.3) is 0 Å². The van der Waals surface area contributed by atoms with Crippen LogP contribution in [0.15, 0.2) is 29.3 Å². The first kappa shape index (κ1) is 23.4. The predicted octanol–water partition coefficient (Wildman–Crippen LogP) is 3.26. The maximum Gasteiger partial charge on any atom is 0.387 e.